The first kappa shape index (κ1) is 13.5. The van der Waals surface area contributed by atoms with E-state index in [1.807, 2.05) is 11.8 Å². The predicted molar refractivity (Wildman–Crippen MR) is 80.3 cm³/mol. The smallest absolute Gasteiger partial charge is 0.222 e. The quantitative estimate of drug-likeness (QED) is 0.897. The molecular formula is C14H19ClN4O. The first-order chi connectivity index (χ1) is 9.69. The lowest BCUT2D eigenvalue weighted by Gasteiger charge is -2.19. The number of nitrogens with zero attached hydrogens (tertiary/aromatic N) is 2. The molecule has 1 aromatic rings. The summed E-state index contributed by atoms with van der Waals surface area (Å²) in [6.45, 7) is 4.39. The number of hydrogen-bond donors (Lipinski definition) is 2. The molecule has 0 bridgehead atoms. The Morgan fingerprint density at radius 1 is 1.65 bits per heavy atom. The molecule has 0 aliphatic carbocycles. The first-order valence-electron chi connectivity index (χ1n) is 7.14. The highest BCUT2D eigenvalue weighted by Gasteiger charge is 2.27. The van der Waals surface area contributed by atoms with Gasteiger partial charge < -0.3 is 15.5 Å². The molecule has 1 saturated heterocycles. The second-order valence-corrected chi connectivity index (χ2v) is 5.72. The van der Waals surface area contributed by atoms with Crippen LogP contribution in [0.3, 0.4) is 0 Å². The number of likely N-dealkylation sites (tertiary alicyclic amines) is 1. The summed E-state index contributed by atoms with van der Waals surface area (Å²) in [5.74, 6) is 1.15. The highest BCUT2D eigenvalue weighted by atomic mass is 35.5. The van der Waals surface area contributed by atoms with Gasteiger partial charge in [-0.05, 0) is 12.8 Å². The molecule has 108 valence electrons. The molecule has 0 radical (unpaired) electrons. The average molecular weight is 295 g/mol. The van der Waals surface area contributed by atoms with Gasteiger partial charge in [-0.25, -0.2) is 4.98 Å². The molecule has 1 atom stereocenters. The number of hydrogen-bond acceptors (Lipinski definition) is 4. The van der Waals surface area contributed by atoms with Gasteiger partial charge in [0.1, 0.15) is 5.82 Å². The molecule has 0 aromatic carbocycles. The maximum atomic E-state index is 11.7. The van der Waals surface area contributed by atoms with Gasteiger partial charge in [0.15, 0.2) is 0 Å². The van der Waals surface area contributed by atoms with Crippen LogP contribution in [-0.4, -0.2) is 41.5 Å². The van der Waals surface area contributed by atoms with Crippen LogP contribution in [0.4, 0.5) is 11.5 Å². The number of amides is 1. The fourth-order valence-corrected chi connectivity index (χ4v) is 3.13. The summed E-state index contributed by atoms with van der Waals surface area (Å²) < 4.78 is 0. The van der Waals surface area contributed by atoms with E-state index in [1.54, 1.807) is 6.20 Å². The van der Waals surface area contributed by atoms with Gasteiger partial charge >= 0.3 is 0 Å². The number of carbonyl (C=O) groups excluding carboxylic acids is 1. The molecule has 1 fully saturated rings. The molecule has 6 heteroatoms. The molecule has 5 nitrogen and oxygen atoms in total. The van der Waals surface area contributed by atoms with Gasteiger partial charge in [-0.3, -0.25) is 4.79 Å². The minimum absolute atomic E-state index is 0.224. The fraction of sp³-hybridized carbons (Fsp3) is 0.571. The van der Waals surface area contributed by atoms with E-state index in [1.165, 1.54) is 0 Å². The Bertz CT molecular complexity index is 534. The Hall–Kier alpha value is -1.49. The lowest BCUT2D eigenvalue weighted by atomic mass is 10.1. The summed E-state index contributed by atoms with van der Waals surface area (Å²) in [5.41, 5.74) is 2.15. The summed E-state index contributed by atoms with van der Waals surface area (Å²) in [6, 6.07) is 0.273. The largest absolute Gasteiger partial charge is 0.379 e. The standard InChI is InChI=1S/C14H19ClN4O/c1-2-12(20)19-6-4-9(8-19)18-13-10-3-5-16-14(10)17-7-11(13)15/h7,9H,2-6,8H2,1H3,(H2,16,17,18)/t9-/m0/s1. The Morgan fingerprint density at radius 3 is 3.30 bits per heavy atom. The number of carbonyl (C=O) groups is 1. The van der Waals surface area contributed by atoms with Crippen LogP contribution in [0.25, 0.3) is 0 Å². The Morgan fingerprint density at radius 2 is 2.50 bits per heavy atom. The molecule has 3 heterocycles. The topological polar surface area (TPSA) is 57.3 Å². The normalized spacial score (nSPS) is 20.7. The van der Waals surface area contributed by atoms with Crippen LogP contribution in [0.5, 0.6) is 0 Å². The number of pyridine rings is 1. The van der Waals surface area contributed by atoms with Crippen LogP contribution < -0.4 is 10.6 Å². The molecule has 2 aliphatic rings. The zero-order valence-electron chi connectivity index (χ0n) is 11.6. The van der Waals surface area contributed by atoms with Crippen molar-refractivity contribution in [2.45, 2.75) is 32.2 Å². The highest BCUT2D eigenvalue weighted by molar-refractivity contribution is 6.33. The molecule has 0 unspecified atom stereocenters. The van der Waals surface area contributed by atoms with Gasteiger partial charge in [0, 0.05) is 37.7 Å². The first-order valence-corrected chi connectivity index (χ1v) is 7.52. The van der Waals surface area contributed by atoms with Crippen LogP contribution in [0.1, 0.15) is 25.3 Å². The second kappa shape index (κ2) is 5.48. The van der Waals surface area contributed by atoms with E-state index in [0.29, 0.717) is 11.4 Å². The second-order valence-electron chi connectivity index (χ2n) is 5.31. The zero-order chi connectivity index (χ0) is 14.1. The number of anilines is 2. The molecule has 20 heavy (non-hydrogen) atoms. The third-order valence-corrected chi connectivity index (χ3v) is 4.28. The van der Waals surface area contributed by atoms with E-state index in [-0.39, 0.29) is 11.9 Å². The van der Waals surface area contributed by atoms with Crippen molar-refractivity contribution >= 4 is 29.0 Å². The van der Waals surface area contributed by atoms with Crippen LogP contribution in [0.15, 0.2) is 6.20 Å². The Kier molecular flexibility index (Phi) is 3.70. The summed E-state index contributed by atoms with van der Waals surface area (Å²) in [4.78, 5) is 17.9. The van der Waals surface area contributed by atoms with E-state index in [4.69, 9.17) is 11.6 Å². The van der Waals surface area contributed by atoms with E-state index in [0.717, 1.165) is 49.5 Å². The van der Waals surface area contributed by atoms with Crippen molar-refractivity contribution in [3.63, 3.8) is 0 Å². The number of nitrogens with one attached hydrogen (secondary N) is 2. The third-order valence-electron chi connectivity index (χ3n) is 3.99. The zero-order valence-corrected chi connectivity index (χ0v) is 12.3. The average Bonchev–Trinajstić information content (AvgIpc) is 3.10. The van der Waals surface area contributed by atoms with Crippen molar-refractivity contribution < 1.29 is 4.79 Å². The molecule has 2 aliphatic heterocycles. The number of fused-ring (bicyclic) bond motifs is 1. The van der Waals surface area contributed by atoms with Gasteiger partial charge in [0.05, 0.1) is 16.9 Å². The Balaban J connectivity index is 1.73. The molecule has 2 N–H and O–H groups in total. The SMILES string of the molecule is CCC(=O)N1CC[C@H](Nc2c(Cl)cnc3c2CCN3)C1. The number of rotatable bonds is 3. The van der Waals surface area contributed by atoms with Crippen LogP contribution in [0.2, 0.25) is 5.02 Å². The summed E-state index contributed by atoms with van der Waals surface area (Å²) >= 11 is 6.28. The van der Waals surface area contributed by atoms with Gasteiger partial charge in [-0.2, -0.15) is 0 Å². The molecule has 3 rings (SSSR count). The third kappa shape index (κ3) is 2.42. The fourth-order valence-electron chi connectivity index (χ4n) is 2.92. The van der Waals surface area contributed by atoms with Crippen molar-refractivity contribution in [2.24, 2.45) is 0 Å². The van der Waals surface area contributed by atoms with Crippen LogP contribution in [-0.2, 0) is 11.2 Å². The van der Waals surface area contributed by atoms with Crippen LogP contribution in [0, 0.1) is 0 Å². The van der Waals surface area contributed by atoms with E-state index in [2.05, 4.69) is 15.6 Å². The van der Waals surface area contributed by atoms with E-state index < -0.39 is 0 Å². The van der Waals surface area contributed by atoms with Crippen LogP contribution >= 0.6 is 11.6 Å². The van der Waals surface area contributed by atoms with Gasteiger partial charge in [-0.1, -0.05) is 18.5 Å². The van der Waals surface area contributed by atoms with Crippen molar-refractivity contribution in [1.82, 2.24) is 9.88 Å². The molecule has 1 aromatic heterocycles. The van der Waals surface area contributed by atoms with Gasteiger partial charge in [0.25, 0.3) is 0 Å². The van der Waals surface area contributed by atoms with E-state index >= 15 is 0 Å². The van der Waals surface area contributed by atoms with Crippen molar-refractivity contribution in [3.05, 3.63) is 16.8 Å². The molecule has 0 spiro atoms. The molecular weight excluding hydrogens is 276 g/mol. The summed E-state index contributed by atoms with van der Waals surface area (Å²) in [5, 5.41) is 7.43. The highest BCUT2D eigenvalue weighted by Crippen LogP contribution is 2.34. The minimum atomic E-state index is 0.224. The molecule has 1 amide bonds. The molecule has 0 saturated carbocycles. The van der Waals surface area contributed by atoms with Crippen molar-refractivity contribution in [2.75, 3.05) is 30.3 Å². The minimum Gasteiger partial charge on any atom is -0.379 e. The number of aromatic nitrogens is 1. The summed E-state index contributed by atoms with van der Waals surface area (Å²) in [6.07, 6.45) is 4.16. The van der Waals surface area contributed by atoms with Gasteiger partial charge in [-0.15, -0.1) is 0 Å². The van der Waals surface area contributed by atoms with E-state index in [9.17, 15) is 4.79 Å². The summed E-state index contributed by atoms with van der Waals surface area (Å²) in [7, 11) is 0. The number of halogens is 1. The Labute approximate surface area is 123 Å². The predicted octanol–water partition coefficient (Wildman–Crippen LogP) is 2.13. The van der Waals surface area contributed by atoms with Crippen molar-refractivity contribution in [1.29, 1.82) is 0 Å². The van der Waals surface area contributed by atoms with Gasteiger partial charge in [0.2, 0.25) is 5.91 Å². The maximum absolute atomic E-state index is 11.7. The lowest BCUT2D eigenvalue weighted by molar-refractivity contribution is -0.129. The monoisotopic (exact) mass is 294 g/mol. The van der Waals surface area contributed by atoms with Crippen molar-refractivity contribution in [3.8, 4) is 0 Å². The maximum Gasteiger partial charge on any atom is 0.222 e. The lowest BCUT2D eigenvalue weighted by Crippen LogP contribution is -2.31.